The van der Waals surface area contributed by atoms with E-state index >= 15 is 0 Å². The Kier molecular flexibility index (Phi) is 7.44. The summed E-state index contributed by atoms with van der Waals surface area (Å²) in [5.41, 5.74) is 0. The van der Waals surface area contributed by atoms with Crippen LogP contribution in [0.25, 0.3) is 0 Å². The van der Waals surface area contributed by atoms with Crippen molar-refractivity contribution in [1.82, 2.24) is 0 Å². The number of hydrogen-bond donors (Lipinski definition) is 0. The van der Waals surface area contributed by atoms with Crippen LogP contribution in [-0.2, 0) is 9.47 Å². The molecule has 0 radical (unpaired) electrons. The minimum absolute atomic E-state index is 0.238. The minimum Gasteiger partial charge on any atom is -0.492 e. The molecule has 0 aliphatic heterocycles. The molecule has 0 saturated carbocycles. The molecule has 0 atom stereocenters. The molecule has 0 saturated heterocycles. The van der Waals surface area contributed by atoms with Gasteiger partial charge in [-0.15, -0.1) is 0 Å². The molecule has 0 bridgehead atoms. The molecule has 3 nitrogen and oxygen atoms in total. The van der Waals surface area contributed by atoms with Gasteiger partial charge >= 0.3 is 0 Å². The summed E-state index contributed by atoms with van der Waals surface area (Å²) in [7, 11) is 0. The fourth-order valence-electron chi connectivity index (χ4n) is 1.44. The fourth-order valence-corrected chi connectivity index (χ4v) is 1.77. The Hall–Kier alpha value is -0.480. The average Bonchev–Trinajstić information content (AvgIpc) is 2.34. The molecule has 0 heterocycles. The van der Waals surface area contributed by atoms with Crippen LogP contribution >= 0.6 is 23.2 Å². The predicted octanol–water partition coefficient (Wildman–Crippen LogP) is 4.16. The maximum atomic E-state index is 5.99. The van der Waals surface area contributed by atoms with Crippen LogP contribution in [0.4, 0.5) is 0 Å². The second kappa shape index (κ2) is 8.59. The molecule has 0 aliphatic carbocycles. The number of hydrogen-bond acceptors (Lipinski definition) is 3. The smallest absolute Gasteiger partial charge is 0.160 e. The van der Waals surface area contributed by atoms with E-state index in [1.54, 1.807) is 18.2 Å². The zero-order valence-corrected chi connectivity index (χ0v) is 12.1. The first kappa shape index (κ1) is 15.6. The first-order valence-corrected chi connectivity index (χ1v) is 6.74. The maximum Gasteiger partial charge on any atom is 0.160 e. The Balaban J connectivity index is 2.41. The molecule has 0 spiro atoms. The normalized spacial score (nSPS) is 10.9. The highest BCUT2D eigenvalue weighted by Crippen LogP contribution is 2.27. The number of rotatable bonds is 8. The summed E-state index contributed by atoms with van der Waals surface area (Å²) in [4.78, 5) is 0. The van der Waals surface area contributed by atoms with Crippen molar-refractivity contribution in [2.45, 2.75) is 26.6 Å². The second-order valence-corrected chi connectivity index (χ2v) is 4.40. The Bertz CT molecular complexity index is 352. The molecule has 0 aliphatic rings. The molecule has 1 aromatic carbocycles. The standard InChI is InChI=1S/C13H18Cl2O3/c1-3-16-13(17-4-2)7-8-18-12-9-10(14)5-6-11(12)15/h5-6,9,13H,3-4,7-8H2,1-2H3. The number of benzene rings is 1. The van der Waals surface area contributed by atoms with Crippen molar-refractivity contribution in [3.63, 3.8) is 0 Å². The van der Waals surface area contributed by atoms with Crippen molar-refractivity contribution in [3.8, 4) is 5.75 Å². The van der Waals surface area contributed by atoms with Crippen LogP contribution in [0.2, 0.25) is 10.0 Å². The van der Waals surface area contributed by atoms with Crippen molar-refractivity contribution < 1.29 is 14.2 Å². The molecule has 102 valence electrons. The Morgan fingerprint density at radius 1 is 1.11 bits per heavy atom. The summed E-state index contributed by atoms with van der Waals surface area (Å²) in [6.45, 7) is 5.55. The molecule has 0 amide bonds. The van der Waals surface area contributed by atoms with Gasteiger partial charge in [0.05, 0.1) is 11.6 Å². The molecular weight excluding hydrogens is 275 g/mol. The van der Waals surface area contributed by atoms with E-state index in [1.165, 1.54) is 0 Å². The van der Waals surface area contributed by atoms with Gasteiger partial charge in [0.1, 0.15) is 5.75 Å². The largest absolute Gasteiger partial charge is 0.492 e. The van der Waals surface area contributed by atoms with Gasteiger partial charge < -0.3 is 14.2 Å². The summed E-state index contributed by atoms with van der Waals surface area (Å²) >= 11 is 11.9. The van der Waals surface area contributed by atoms with Crippen molar-refractivity contribution in [2.24, 2.45) is 0 Å². The van der Waals surface area contributed by atoms with E-state index in [-0.39, 0.29) is 6.29 Å². The quantitative estimate of drug-likeness (QED) is 0.673. The van der Waals surface area contributed by atoms with E-state index in [2.05, 4.69) is 0 Å². The van der Waals surface area contributed by atoms with E-state index < -0.39 is 0 Å². The zero-order valence-electron chi connectivity index (χ0n) is 10.6. The lowest BCUT2D eigenvalue weighted by Crippen LogP contribution is -2.20. The zero-order chi connectivity index (χ0) is 13.4. The van der Waals surface area contributed by atoms with Crippen molar-refractivity contribution in [1.29, 1.82) is 0 Å². The summed E-state index contributed by atoms with van der Waals surface area (Å²) in [6, 6.07) is 5.13. The summed E-state index contributed by atoms with van der Waals surface area (Å²) in [5, 5.41) is 1.14. The monoisotopic (exact) mass is 292 g/mol. The number of halogens is 2. The third-order valence-electron chi connectivity index (χ3n) is 2.21. The first-order chi connectivity index (χ1) is 8.67. The predicted molar refractivity (Wildman–Crippen MR) is 73.6 cm³/mol. The van der Waals surface area contributed by atoms with E-state index in [9.17, 15) is 0 Å². The molecule has 1 rings (SSSR count). The molecule has 0 unspecified atom stereocenters. The van der Waals surface area contributed by atoms with Crippen LogP contribution in [0.1, 0.15) is 20.3 Å². The first-order valence-electron chi connectivity index (χ1n) is 5.98. The third kappa shape index (κ3) is 5.44. The van der Waals surface area contributed by atoms with Crippen molar-refractivity contribution in [2.75, 3.05) is 19.8 Å². The molecule has 1 aromatic rings. The molecular formula is C13H18Cl2O3. The van der Waals surface area contributed by atoms with Gasteiger partial charge in [0.25, 0.3) is 0 Å². The van der Waals surface area contributed by atoms with Crippen LogP contribution in [0, 0.1) is 0 Å². The lowest BCUT2D eigenvalue weighted by Gasteiger charge is -2.17. The Labute approximate surface area is 118 Å². The third-order valence-corrected chi connectivity index (χ3v) is 2.76. The molecule has 0 N–H and O–H groups in total. The van der Waals surface area contributed by atoms with Crippen molar-refractivity contribution >= 4 is 23.2 Å². The molecule has 5 heteroatoms. The van der Waals surface area contributed by atoms with Gasteiger partial charge in [-0.2, -0.15) is 0 Å². The Morgan fingerprint density at radius 2 is 1.78 bits per heavy atom. The number of ether oxygens (including phenoxy) is 3. The van der Waals surface area contributed by atoms with E-state index in [0.29, 0.717) is 42.0 Å². The fraction of sp³-hybridized carbons (Fsp3) is 0.538. The highest BCUT2D eigenvalue weighted by Gasteiger charge is 2.09. The average molecular weight is 293 g/mol. The molecule has 0 fully saturated rings. The SMILES string of the molecule is CCOC(CCOc1cc(Cl)ccc1Cl)OCC. The van der Waals surface area contributed by atoms with Gasteiger partial charge in [-0.05, 0) is 26.0 Å². The van der Waals surface area contributed by atoms with E-state index in [0.717, 1.165) is 0 Å². The van der Waals surface area contributed by atoms with Gasteiger partial charge in [0, 0.05) is 30.7 Å². The lowest BCUT2D eigenvalue weighted by molar-refractivity contribution is -0.142. The van der Waals surface area contributed by atoms with E-state index in [1.807, 2.05) is 13.8 Å². The van der Waals surface area contributed by atoms with Gasteiger partial charge in [-0.25, -0.2) is 0 Å². The summed E-state index contributed by atoms with van der Waals surface area (Å²) in [6.07, 6.45) is 0.405. The summed E-state index contributed by atoms with van der Waals surface area (Å²) < 4.78 is 16.4. The highest BCUT2D eigenvalue weighted by molar-refractivity contribution is 6.34. The second-order valence-electron chi connectivity index (χ2n) is 3.55. The Morgan fingerprint density at radius 3 is 2.39 bits per heavy atom. The van der Waals surface area contributed by atoms with Crippen LogP contribution in [0.5, 0.6) is 5.75 Å². The van der Waals surface area contributed by atoms with Gasteiger partial charge in [0.2, 0.25) is 0 Å². The van der Waals surface area contributed by atoms with E-state index in [4.69, 9.17) is 37.4 Å². The molecule has 18 heavy (non-hydrogen) atoms. The van der Waals surface area contributed by atoms with Crippen LogP contribution in [0.15, 0.2) is 18.2 Å². The minimum atomic E-state index is -0.238. The topological polar surface area (TPSA) is 27.7 Å². The summed E-state index contributed by atoms with van der Waals surface area (Å²) in [5.74, 6) is 0.580. The van der Waals surface area contributed by atoms with Gasteiger partial charge in [-0.1, -0.05) is 23.2 Å². The lowest BCUT2D eigenvalue weighted by atomic mass is 10.3. The van der Waals surface area contributed by atoms with Crippen molar-refractivity contribution in [3.05, 3.63) is 28.2 Å². The van der Waals surface area contributed by atoms with Crippen LogP contribution in [-0.4, -0.2) is 26.1 Å². The van der Waals surface area contributed by atoms with Crippen LogP contribution < -0.4 is 4.74 Å². The maximum absolute atomic E-state index is 5.99. The van der Waals surface area contributed by atoms with Gasteiger partial charge in [-0.3, -0.25) is 0 Å². The highest BCUT2D eigenvalue weighted by atomic mass is 35.5. The van der Waals surface area contributed by atoms with Crippen LogP contribution in [0.3, 0.4) is 0 Å². The molecule has 0 aromatic heterocycles. The van der Waals surface area contributed by atoms with Gasteiger partial charge in [0.15, 0.2) is 6.29 Å².